The van der Waals surface area contributed by atoms with Crippen LogP contribution in [-0.2, 0) is 14.3 Å². The molecule has 0 aromatic rings. The molecular weight excluding hydrogens is 1130 g/mol. The lowest BCUT2D eigenvalue weighted by molar-refractivity contribution is -0.143. The Labute approximate surface area is 578 Å². The van der Waals surface area contributed by atoms with E-state index in [1.807, 2.05) is 0 Å². The lowest BCUT2D eigenvalue weighted by atomic mass is 10.0. The van der Waals surface area contributed by atoms with Gasteiger partial charge in [-0.05, 0) is 51.4 Å². The van der Waals surface area contributed by atoms with Gasteiger partial charge in [-0.2, -0.15) is 0 Å². The molecular formula is C86H169NO5. The second-order valence-electron chi connectivity index (χ2n) is 29.9. The van der Waals surface area contributed by atoms with Crippen LogP contribution in [0.5, 0.6) is 0 Å². The van der Waals surface area contributed by atoms with E-state index in [1.165, 1.54) is 430 Å². The fourth-order valence-electron chi connectivity index (χ4n) is 14.1. The zero-order valence-corrected chi connectivity index (χ0v) is 63.1. The van der Waals surface area contributed by atoms with Crippen LogP contribution in [0.3, 0.4) is 0 Å². The number of ether oxygens (including phenoxy) is 1. The van der Waals surface area contributed by atoms with Crippen LogP contribution >= 0.6 is 0 Å². The normalized spacial score (nSPS) is 12.4. The molecule has 0 fully saturated rings. The number of carbonyl (C=O) groups is 2. The van der Waals surface area contributed by atoms with Crippen LogP contribution in [0.1, 0.15) is 502 Å². The van der Waals surface area contributed by atoms with Gasteiger partial charge in [0.15, 0.2) is 0 Å². The van der Waals surface area contributed by atoms with Crippen molar-refractivity contribution in [2.24, 2.45) is 0 Å². The highest BCUT2D eigenvalue weighted by Gasteiger charge is 2.20. The largest absolute Gasteiger partial charge is 0.466 e. The van der Waals surface area contributed by atoms with Gasteiger partial charge in [0, 0.05) is 12.8 Å². The van der Waals surface area contributed by atoms with Crippen molar-refractivity contribution in [1.29, 1.82) is 0 Å². The number of nitrogens with one attached hydrogen (secondary N) is 1. The predicted octanol–water partition coefficient (Wildman–Crippen LogP) is 28.6. The summed E-state index contributed by atoms with van der Waals surface area (Å²) in [6, 6.07) is -0.539. The molecule has 0 saturated carbocycles. The summed E-state index contributed by atoms with van der Waals surface area (Å²) >= 11 is 0. The van der Waals surface area contributed by atoms with Crippen LogP contribution in [0.25, 0.3) is 0 Å². The van der Waals surface area contributed by atoms with Gasteiger partial charge in [0.25, 0.3) is 0 Å². The summed E-state index contributed by atoms with van der Waals surface area (Å²) in [5.74, 6) is 0.00163. The van der Waals surface area contributed by atoms with Gasteiger partial charge in [-0.25, -0.2) is 0 Å². The highest BCUT2D eigenvalue weighted by atomic mass is 16.5. The van der Waals surface area contributed by atoms with Gasteiger partial charge in [0.05, 0.1) is 25.4 Å². The summed E-state index contributed by atoms with van der Waals surface area (Å²) in [7, 11) is 0. The van der Waals surface area contributed by atoms with Gasteiger partial charge in [-0.1, -0.05) is 450 Å². The molecule has 2 unspecified atom stereocenters. The molecule has 0 spiro atoms. The molecule has 0 aromatic carbocycles. The molecule has 548 valence electrons. The van der Waals surface area contributed by atoms with E-state index in [0.717, 1.165) is 38.5 Å². The zero-order chi connectivity index (χ0) is 66.3. The molecule has 0 radical (unpaired) electrons. The first-order valence-corrected chi connectivity index (χ1v) is 42.9. The van der Waals surface area contributed by atoms with Crippen LogP contribution in [0, 0.1) is 0 Å². The molecule has 6 nitrogen and oxygen atoms in total. The summed E-state index contributed by atoms with van der Waals surface area (Å²) in [6.07, 6.45) is 105. The summed E-state index contributed by atoms with van der Waals surface area (Å²) in [5, 5.41) is 23.5. The van der Waals surface area contributed by atoms with E-state index in [1.54, 1.807) is 0 Å². The van der Waals surface area contributed by atoms with E-state index < -0.39 is 12.1 Å². The SMILES string of the molecule is CCCCCCCCCCCCCCCCCCCCCCCCC(O)C(CO)NC(=O)CCCCCCCCCCCCCCCCCCC/C=C\CCCCCCCCCCCCCCCCCCOC(=O)CCCCCCCCCCCCCCCCCC. The molecule has 0 aliphatic carbocycles. The fraction of sp³-hybridized carbons (Fsp3) is 0.953. The van der Waals surface area contributed by atoms with Gasteiger partial charge in [0.1, 0.15) is 0 Å². The number of allylic oxidation sites excluding steroid dienone is 2. The lowest BCUT2D eigenvalue weighted by Gasteiger charge is -2.22. The number of rotatable bonds is 82. The van der Waals surface area contributed by atoms with E-state index in [2.05, 4.69) is 31.3 Å². The number of amides is 1. The molecule has 92 heavy (non-hydrogen) atoms. The van der Waals surface area contributed by atoms with Crippen molar-refractivity contribution in [3.63, 3.8) is 0 Å². The Morgan fingerprint density at radius 2 is 0.511 bits per heavy atom. The van der Waals surface area contributed by atoms with Gasteiger partial charge < -0.3 is 20.3 Å². The maximum Gasteiger partial charge on any atom is 0.305 e. The number of hydrogen-bond donors (Lipinski definition) is 3. The van der Waals surface area contributed by atoms with Crippen molar-refractivity contribution in [3.8, 4) is 0 Å². The highest BCUT2D eigenvalue weighted by molar-refractivity contribution is 5.76. The quantitative estimate of drug-likeness (QED) is 0.0320. The molecule has 0 bridgehead atoms. The molecule has 0 aliphatic heterocycles. The van der Waals surface area contributed by atoms with Crippen molar-refractivity contribution in [2.45, 2.75) is 514 Å². The minimum absolute atomic E-state index is 0.0247. The maximum atomic E-state index is 12.6. The average molecular weight is 1300 g/mol. The summed E-state index contributed by atoms with van der Waals surface area (Å²) in [6.45, 7) is 5.02. The first kappa shape index (κ1) is 90.6. The number of unbranched alkanes of at least 4 members (excludes halogenated alkanes) is 69. The number of aliphatic hydroxyl groups excluding tert-OH is 2. The van der Waals surface area contributed by atoms with Crippen molar-refractivity contribution < 1.29 is 24.5 Å². The Hall–Kier alpha value is -1.40. The number of aliphatic hydroxyl groups is 2. The Balaban J connectivity index is 3.32. The van der Waals surface area contributed by atoms with Gasteiger partial charge in [0.2, 0.25) is 5.91 Å². The fourth-order valence-corrected chi connectivity index (χ4v) is 14.1. The van der Waals surface area contributed by atoms with Crippen LogP contribution in [0.4, 0.5) is 0 Å². The molecule has 0 aromatic heterocycles. The van der Waals surface area contributed by atoms with Crippen molar-refractivity contribution in [2.75, 3.05) is 13.2 Å². The molecule has 2 atom stereocenters. The molecule has 0 aliphatic rings. The Morgan fingerprint density at radius 3 is 0.772 bits per heavy atom. The monoisotopic (exact) mass is 1300 g/mol. The van der Waals surface area contributed by atoms with Crippen LogP contribution in [0.2, 0.25) is 0 Å². The van der Waals surface area contributed by atoms with Crippen molar-refractivity contribution in [1.82, 2.24) is 5.32 Å². The molecule has 0 saturated heterocycles. The van der Waals surface area contributed by atoms with Crippen LogP contribution in [0.15, 0.2) is 12.2 Å². The number of esters is 1. The van der Waals surface area contributed by atoms with E-state index >= 15 is 0 Å². The summed E-state index contributed by atoms with van der Waals surface area (Å²) in [5.41, 5.74) is 0. The third-order valence-corrected chi connectivity index (χ3v) is 20.6. The number of carbonyl (C=O) groups excluding carboxylic acids is 2. The van der Waals surface area contributed by atoms with Crippen LogP contribution < -0.4 is 5.32 Å². The molecule has 3 N–H and O–H groups in total. The minimum atomic E-state index is -0.662. The van der Waals surface area contributed by atoms with E-state index in [0.29, 0.717) is 25.9 Å². The predicted molar refractivity (Wildman–Crippen MR) is 407 cm³/mol. The second kappa shape index (κ2) is 82.0. The Kier molecular flexibility index (Phi) is 80.8. The first-order valence-electron chi connectivity index (χ1n) is 42.9. The molecule has 0 rings (SSSR count). The Morgan fingerprint density at radius 1 is 0.293 bits per heavy atom. The molecule has 1 amide bonds. The Bertz CT molecular complexity index is 1400. The van der Waals surface area contributed by atoms with Crippen LogP contribution in [-0.4, -0.2) is 47.4 Å². The highest BCUT2D eigenvalue weighted by Crippen LogP contribution is 2.21. The summed E-state index contributed by atoms with van der Waals surface area (Å²) < 4.78 is 5.51. The molecule has 6 heteroatoms. The smallest absolute Gasteiger partial charge is 0.305 e. The standard InChI is InChI=1S/C86H169NO5/c1-3-5-7-9-11-13-15-17-19-21-22-23-41-44-47-50-54-58-62-66-70-74-78-84(89)83(82-88)87-85(90)79-75-71-67-63-59-55-51-48-45-42-39-37-35-33-31-29-27-25-24-26-28-30-32-34-36-38-40-43-46-49-53-57-61-65-69-73-77-81-92-86(91)80-76-72-68-64-60-56-52-20-18-16-14-12-10-8-6-4-2/h24,26,83-84,88-89H,3-23,25,27-82H2,1-2H3,(H,87,90)/b26-24-. The van der Waals surface area contributed by atoms with Gasteiger partial charge in [-0.15, -0.1) is 0 Å². The van der Waals surface area contributed by atoms with E-state index in [9.17, 15) is 19.8 Å². The van der Waals surface area contributed by atoms with Crippen molar-refractivity contribution >= 4 is 11.9 Å². The maximum absolute atomic E-state index is 12.6. The third-order valence-electron chi connectivity index (χ3n) is 20.6. The minimum Gasteiger partial charge on any atom is -0.466 e. The zero-order valence-electron chi connectivity index (χ0n) is 63.1. The van der Waals surface area contributed by atoms with E-state index in [-0.39, 0.29) is 18.5 Å². The summed E-state index contributed by atoms with van der Waals surface area (Å²) in [4.78, 5) is 24.7. The molecule has 0 heterocycles. The lowest BCUT2D eigenvalue weighted by Crippen LogP contribution is -2.45. The third kappa shape index (κ3) is 77.6. The second-order valence-corrected chi connectivity index (χ2v) is 29.9. The average Bonchev–Trinajstić information content (AvgIpc) is 3.66. The van der Waals surface area contributed by atoms with E-state index in [4.69, 9.17) is 4.74 Å². The van der Waals surface area contributed by atoms with Crippen molar-refractivity contribution in [3.05, 3.63) is 12.2 Å². The van der Waals surface area contributed by atoms with Gasteiger partial charge >= 0.3 is 5.97 Å². The number of hydrogen-bond acceptors (Lipinski definition) is 5. The topological polar surface area (TPSA) is 95.9 Å². The first-order chi connectivity index (χ1) is 45.5. The van der Waals surface area contributed by atoms with Gasteiger partial charge in [-0.3, -0.25) is 9.59 Å².